The second kappa shape index (κ2) is 4.05. The number of rotatable bonds is 1. The summed E-state index contributed by atoms with van der Waals surface area (Å²) in [4.78, 5) is 7.52. The van der Waals surface area contributed by atoms with E-state index in [-0.39, 0.29) is 17.0 Å². The van der Waals surface area contributed by atoms with Crippen molar-refractivity contribution >= 4 is 43.9 Å². The summed E-state index contributed by atoms with van der Waals surface area (Å²) in [6.07, 6.45) is 0. The summed E-state index contributed by atoms with van der Waals surface area (Å²) in [5, 5.41) is 0.779. The number of H-pyrrole nitrogens is 1. The zero-order valence-corrected chi connectivity index (χ0v) is 9.55. The van der Waals surface area contributed by atoms with Gasteiger partial charge in [0.25, 0.3) is 0 Å². The molecule has 0 radical (unpaired) electrons. The van der Waals surface area contributed by atoms with Crippen LogP contribution in [0.1, 0.15) is 5.82 Å². The first-order valence-corrected chi connectivity index (χ1v) is 4.52. The van der Waals surface area contributed by atoms with Gasteiger partial charge in [0.1, 0.15) is 5.82 Å². The van der Waals surface area contributed by atoms with Crippen molar-refractivity contribution in [1.82, 2.24) is 9.97 Å². The number of aromatic nitrogens is 2. The Labute approximate surface area is 89.3 Å². The highest BCUT2D eigenvalue weighted by Gasteiger charge is 1.97. The van der Waals surface area contributed by atoms with Gasteiger partial charge >= 0.3 is 0 Å². The zero-order valence-electron chi connectivity index (χ0n) is 6.25. The van der Waals surface area contributed by atoms with Crippen molar-refractivity contribution in [2.24, 2.45) is 0 Å². The molecule has 4 heteroatoms. The fourth-order valence-corrected chi connectivity index (χ4v) is 1.33. The van der Waals surface area contributed by atoms with Crippen molar-refractivity contribution in [1.29, 1.82) is 0 Å². The van der Waals surface area contributed by atoms with Crippen molar-refractivity contribution < 1.29 is 0 Å². The van der Waals surface area contributed by atoms with E-state index in [0.29, 0.717) is 0 Å². The normalized spacial score (nSPS) is 9.75. The van der Waals surface area contributed by atoms with E-state index in [9.17, 15) is 0 Å². The molecule has 1 N–H and O–H groups in total. The Bertz CT molecular complexity index is 337. The standard InChI is InChI=1S/C8H7BrN2.BrH/c9-5-8-10-6-3-1-2-4-7(6)11-8;/h1-4H,5H2,(H,10,11);1H. The van der Waals surface area contributed by atoms with Crippen LogP contribution in [-0.2, 0) is 5.33 Å². The molecule has 2 rings (SSSR count). The van der Waals surface area contributed by atoms with Crippen LogP contribution in [0.4, 0.5) is 0 Å². The number of hydrogen-bond donors (Lipinski definition) is 1. The maximum Gasteiger partial charge on any atom is 0.117 e. The summed E-state index contributed by atoms with van der Waals surface area (Å²) in [6, 6.07) is 8.01. The summed E-state index contributed by atoms with van der Waals surface area (Å²) in [6.45, 7) is 0. The van der Waals surface area contributed by atoms with Crippen molar-refractivity contribution in [2.75, 3.05) is 0 Å². The lowest BCUT2D eigenvalue weighted by Crippen LogP contribution is -1.76. The highest BCUT2D eigenvalue weighted by atomic mass is 79.9. The molecule has 0 aliphatic heterocycles. The van der Waals surface area contributed by atoms with Gasteiger partial charge in [-0.3, -0.25) is 0 Å². The predicted octanol–water partition coefficient (Wildman–Crippen LogP) is 3.04. The van der Waals surface area contributed by atoms with Crippen LogP contribution in [0.25, 0.3) is 11.0 Å². The van der Waals surface area contributed by atoms with Crippen LogP contribution in [0.3, 0.4) is 0 Å². The molecule has 1 aromatic heterocycles. The van der Waals surface area contributed by atoms with Gasteiger partial charge in [0.2, 0.25) is 0 Å². The molecule has 2 nitrogen and oxygen atoms in total. The van der Waals surface area contributed by atoms with E-state index in [4.69, 9.17) is 0 Å². The van der Waals surface area contributed by atoms with Gasteiger partial charge in [-0.15, -0.1) is 17.0 Å². The van der Waals surface area contributed by atoms with E-state index in [1.807, 2.05) is 24.3 Å². The maximum absolute atomic E-state index is 4.33. The van der Waals surface area contributed by atoms with Crippen molar-refractivity contribution in [3.63, 3.8) is 0 Å². The highest BCUT2D eigenvalue weighted by molar-refractivity contribution is 9.08. The Morgan fingerprint density at radius 1 is 1.33 bits per heavy atom. The van der Waals surface area contributed by atoms with Crippen LogP contribution in [0.2, 0.25) is 0 Å². The van der Waals surface area contributed by atoms with E-state index in [0.717, 1.165) is 22.2 Å². The molecule has 0 spiro atoms. The fourth-order valence-electron chi connectivity index (χ4n) is 1.07. The van der Waals surface area contributed by atoms with Gasteiger partial charge < -0.3 is 4.98 Å². The van der Waals surface area contributed by atoms with Crippen LogP contribution < -0.4 is 0 Å². The Balaban J connectivity index is 0.000000720. The number of benzene rings is 1. The molecule has 0 aliphatic carbocycles. The molecule has 0 bridgehead atoms. The van der Waals surface area contributed by atoms with Gasteiger partial charge in [0.05, 0.1) is 16.4 Å². The molecule has 0 saturated carbocycles. The van der Waals surface area contributed by atoms with E-state index in [1.54, 1.807) is 0 Å². The third-order valence-electron chi connectivity index (χ3n) is 1.56. The second-order valence-electron chi connectivity index (χ2n) is 2.33. The fraction of sp³-hybridized carbons (Fsp3) is 0.125. The number of halogens is 2. The van der Waals surface area contributed by atoms with E-state index in [1.165, 1.54) is 0 Å². The maximum atomic E-state index is 4.33. The smallest absolute Gasteiger partial charge is 0.117 e. The predicted molar refractivity (Wildman–Crippen MR) is 59.0 cm³/mol. The van der Waals surface area contributed by atoms with E-state index < -0.39 is 0 Å². The first kappa shape index (κ1) is 9.74. The molecule has 1 aromatic carbocycles. The number of aromatic amines is 1. The topological polar surface area (TPSA) is 28.7 Å². The summed E-state index contributed by atoms with van der Waals surface area (Å²) in [5.41, 5.74) is 2.13. The minimum atomic E-state index is 0. The van der Waals surface area contributed by atoms with Gasteiger partial charge in [-0.25, -0.2) is 4.98 Å². The molecule has 0 saturated heterocycles. The molecule has 0 fully saturated rings. The second-order valence-corrected chi connectivity index (χ2v) is 2.90. The number of alkyl halides is 1. The third-order valence-corrected chi connectivity index (χ3v) is 2.10. The minimum absolute atomic E-state index is 0. The average Bonchev–Trinajstić information content (AvgIpc) is 2.46. The number of nitrogens with one attached hydrogen (secondary N) is 1. The van der Waals surface area contributed by atoms with Gasteiger partial charge in [0, 0.05) is 0 Å². The van der Waals surface area contributed by atoms with Crippen LogP contribution >= 0.6 is 32.9 Å². The average molecular weight is 292 g/mol. The number of hydrogen-bond acceptors (Lipinski definition) is 1. The molecule has 0 atom stereocenters. The van der Waals surface area contributed by atoms with E-state index in [2.05, 4.69) is 25.9 Å². The van der Waals surface area contributed by atoms with Crippen molar-refractivity contribution in [3.05, 3.63) is 30.1 Å². The minimum Gasteiger partial charge on any atom is -0.341 e. The Hall–Kier alpha value is -0.350. The summed E-state index contributed by atoms with van der Waals surface area (Å²) in [7, 11) is 0. The number of imidazole rings is 1. The van der Waals surface area contributed by atoms with Gasteiger partial charge in [-0.1, -0.05) is 28.1 Å². The molecule has 64 valence electrons. The van der Waals surface area contributed by atoms with Crippen LogP contribution in [0, 0.1) is 0 Å². The Morgan fingerprint density at radius 3 is 2.75 bits per heavy atom. The third kappa shape index (κ3) is 1.69. The Kier molecular flexibility index (Phi) is 3.29. The monoisotopic (exact) mass is 290 g/mol. The molecular formula is C8H8Br2N2. The quantitative estimate of drug-likeness (QED) is 0.804. The van der Waals surface area contributed by atoms with Crippen LogP contribution in [-0.4, -0.2) is 9.97 Å². The lowest BCUT2D eigenvalue weighted by molar-refractivity contribution is 1.15. The SMILES string of the molecule is Br.BrCc1nc2ccccc2[nH]1. The van der Waals surface area contributed by atoms with Crippen LogP contribution in [0.5, 0.6) is 0 Å². The summed E-state index contributed by atoms with van der Waals surface area (Å²) in [5.74, 6) is 0.978. The molecule has 0 unspecified atom stereocenters. The first-order valence-electron chi connectivity index (χ1n) is 3.40. The lowest BCUT2D eigenvalue weighted by atomic mass is 10.3. The van der Waals surface area contributed by atoms with E-state index >= 15 is 0 Å². The number of nitrogens with zero attached hydrogens (tertiary/aromatic N) is 1. The largest absolute Gasteiger partial charge is 0.341 e. The number of fused-ring (bicyclic) bond motifs is 1. The lowest BCUT2D eigenvalue weighted by Gasteiger charge is -1.81. The molecule has 2 aromatic rings. The summed E-state index contributed by atoms with van der Waals surface area (Å²) >= 11 is 3.34. The highest BCUT2D eigenvalue weighted by Crippen LogP contribution is 2.11. The van der Waals surface area contributed by atoms with Crippen molar-refractivity contribution in [2.45, 2.75) is 5.33 Å². The van der Waals surface area contributed by atoms with Gasteiger partial charge in [0.15, 0.2) is 0 Å². The number of para-hydroxylation sites is 2. The van der Waals surface area contributed by atoms with Gasteiger partial charge in [-0.2, -0.15) is 0 Å². The molecule has 0 amide bonds. The molecule has 12 heavy (non-hydrogen) atoms. The molecular weight excluding hydrogens is 284 g/mol. The Morgan fingerprint density at radius 2 is 2.08 bits per heavy atom. The molecule has 1 heterocycles. The van der Waals surface area contributed by atoms with Crippen LogP contribution in [0.15, 0.2) is 24.3 Å². The zero-order chi connectivity index (χ0) is 7.68. The van der Waals surface area contributed by atoms with Gasteiger partial charge in [-0.05, 0) is 12.1 Å². The van der Waals surface area contributed by atoms with Crippen molar-refractivity contribution in [3.8, 4) is 0 Å². The first-order chi connectivity index (χ1) is 5.40. The summed E-state index contributed by atoms with van der Waals surface area (Å²) < 4.78 is 0. The molecule has 0 aliphatic rings.